The molecular weight excluding hydrogens is 464 g/mol. The molecule has 0 saturated carbocycles. The summed E-state index contributed by atoms with van der Waals surface area (Å²) in [5.74, 6) is -0.548. The molecule has 3 aliphatic rings. The minimum absolute atomic E-state index is 0.193. The number of hydrogen-bond acceptors (Lipinski definition) is 7. The summed E-state index contributed by atoms with van der Waals surface area (Å²) in [7, 11) is 1.61. The molecule has 6 rings (SSSR count). The van der Waals surface area contributed by atoms with Crippen LogP contribution >= 0.6 is 0 Å². The van der Waals surface area contributed by atoms with E-state index in [2.05, 4.69) is 15.6 Å². The topological polar surface area (TPSA) is 127 Å². The minimum Gasteiger partial charge on any atom is -0.496 e. The van der Waals surface area contributed by atoms with Crippen LogP contribution in [-0.4, -0.2) is 61.6 Å². The van der Waals surface area contributed by atoms with E-state index >= 15 is 0 Å². The third kappa shape index (κ3) is 3.51. The van der Waals surface area contributed by atoms with Crippen LogP contribution in [0.25, 0.3) is 5.69 Å². The zero-order chi connectivity index (χ0) is 25.0. The maximum Gasteiger partial charge on any atom is 0.276 e. The van der Waals surface area contributed by atoms with Gasteiger partial charge < -0.3 is 14.5 Å². The molecule has 11 nitrogen and oxygen atoms in total. The average Bonchev–Trinajstić information content (AvgIpc) is 3.61. The lowest BCUT2D eigenvalue weighted by Crippen LogP contribution is -2.52. The van der Waals surface area contributed by atoms with Crippen molar-refractivity contribution in [3.63, 3.8) is 0 Å². The van der Waals surface area contributed by atoms with E-state index in [-0.39, 0.29) is 29.8 Å². The molecule has 4 heterocycles. The molecule has 1 saturated heterocycles. The van der Waals surface area contributed by atoms with Crippen molar-refractivity contribution in [2.45, 2.75) is 38.5 Å². The number of imide groups is 1. The molecule has 3 aliphatic heterocycles. The smallest absolute Gasteiger partial charge is 0.276 e. The molecule has 0 spiro atoms. The fourth-order valence-corrected chi connectivity index (χ4v) is 5.06. The lowest BCUT2D eigenvalue weighted by molar-refractivity contribution is -0.136. The largest absolute Gasteiger partial charge is 0.496 e. The number of amides is 4. The van der Waals surface area contributed by atoms with Gasteiger partial charge in [0.15, 0.2) is 5.69 Å². The number of nitrogens with one attached hydrogen (secondary N) is 1. The fourth-order valence-electron chi connectivity index (χ4n) is 5.06. The fraction of sp³-hybridized carbons (Fsp3) is 0.280. The SMILES string of the molecule is COc1cccc2c1CN(C(=O)c1cn(-c3ccc4c(c3)C(=O)N(C3CCC(=O)NC3=O)C4)nn1)C2. The molecule has 1 atom stereocenters. The van der Waals surface area contributed by atoms with E-state index in [0.717, 1.165) is 22.4 Å². The molecule has 36 heavy (non-hydrogen) atoms. The average molecular weight is 486 g/mol. The standard InChI is InChI=1S/C25H22N6O5/c1-36-21-4-2-3-14-10-29(12-18(14)21)25(35)19-13-31(28-27-19)16-6-5-15-11-30(24(34)17(15)9-16)20-7-8-22(32)26-23(20)33/h2-6,9,13,20H,7-8,10-12H2,1H3,(H,26,32,33). The molecule has 2 aromatic carbocycles. The van der Waals surface area contributed by atoms with Crippen LogP contribution in [0.1, 0.15) is 50.4 Å². The second-order valence-electron chi connectivity index (χ2n) is 9.05. The Balaban J connectivity index is 1.20. The van der Waals surface area contributed by atoms with Crippen LogP contribution in [0, 0.1) is 0 Å². The Morgan fingerprint density at radius 1 is 1.08 bits per heavy atom. The Morgan fingerprint density at radius 3 is 2.75 bits per heavy atom. The number of hydrogen-bond donors (Lipinski definition) is 1. The zero-order valence-corrected chi connectivity index (χ0v) is 19.4. The zero-order valence-electron chi connectivity index (χ0n) is 19.4. The summed E-state index contributed by atoms with van der Waals surface area (Å²) in [6, 6.07) is 10.4. The van der Waals surface area contributed by atoms with Gasteiger partial charge in [0.25, 0.3) is 11.8 Å². The van der Waals surface area contributed by atoms with E-state index in [1.54, 1.807) is 36.4 Å². The van der Waals surface area contributed by atoms with Gasteiger partial charge in [-0.1, -0.05) is 23.4 Å². The summed E-state index contributed by atoms with van der Waals surface area (Å²) >= 11 is 0. The Kier molecular flexibility index (Phi) is 5.06. The maximum atomic E-state index is 13.1. The van der Waals surface area contributed by atoms with E-state index in [1.807, 2.05) is 18.2 Å². The summed E-state index contributed by atoms with van der Waals surface area (Å²) in [6.07, 6.45) is 2.05. The van der Waals surface area contributed by atoms with Crippen LogP contribution in [0.2, 0.25) is 0 Å². The van der Waals surface area contributed by atoms with Gasteiger partial charge >= 0.3 is 0 Å². The van der Waals surface area contributed by atoms with Crippen LogP contribution in [0.4, 0.5) is 0 Å². The molecule has 11 heteroatoms. The Hall–Kier alpha value is -4.54. The van der Waals surface area contributed by atoms with Crippen LogP contribution in [-0.2, 0) is 29.2 Å². The third-order valence-electron chi connectivity index (χ3n) is 6.94. The number of methoxy groups -OCH3 is 1. The number of fused-ring (bicyclic) bond motifs is 2. The Labute approximate surface area is 205 Å². The van der Waals surface area contributed by atoms with Crippen LogP contribution in [0.3, 0.4) is 0 Å². The summed E-state index contributed by atoms with van der Waals surface area (Å²) in [6.45, 7) is 1.18. The van der Waals surface area contributed by atoms with Gasteiger partial charge in [-0.05, 0) is 35.7 Å². The number of benzene rings is 2. The first-order chi connectivity index (χ1) is 17.4. The van der Waals surface area contributed by atoms with E-state index in [4.69, 9.17) is 4.74 Å². The number of nitrogens with zero attached hydrogens (tertiary/aromatic N) is 5. The van der Waals surface area contributed by atoms with Crippen molar-refractivity contribution in [1.29, 1.82) is 0 Å². The maximum absolute atomic E-state index is 13.1. The van der Waals surface area contributed by atoms with Gasteiger partial charge in [-0.25, -0.2) is 4.68 Å². The van der Waals surface area contributed by atoms with Gasteiger partial charge in [0, 0.05) is 30.6 Å². The normalized spacial score (nSPS) is 18.8. The highest BCUT2D eigenvalue weighted by atomic mass is 16.5. The summed E-state index contributed by atoms with van der Waals surface area (Å²) in [5, 5.41) is 10.5. The molecule has 0 radical (unpaired) electrons. The van der Waals surface area contributed by atoms with Crippen LogP contribution < -0.4 is 10.1 Å². The number of piperidine rings is 1. The summed E-state index contributed by atoms with van der Waals surface area (Å²) in [5.41, 5.74) is 4.03. The second-order valence-corrected chi connectivity index (χ2v) is 9.05. The van der Waals surface area contributed by atoms with Crippen molar-refractivity contribution in [3.8, 4) is 11.4 Å². The molecule has 1 N–H and O–H groups in total. The number of aromatic nitrogens is 3. The number of carbonyl (C=O) groups is 4. The van der Waals surface area contributed by atoms with Crippen molar-refractivity contribution >= 4 is 23.6 Å². The van der Waals surface area contributed by atoms with Crippen molar-refractivity contribution in [2.24, 2.45) is 0 Å². The predicted molar refractivity (Wildman–Crippen MR) is 124 cm³/mol. The lowest BCUT2D eigenvalue weighted by atomic mass is 10.0. The van der Waals surface area contributed by atoms with Crippen molar-refractivity contribution in [1.82, 2.24) is 30.1 Å². The lowest BCUT2D eigenvalue weighted by Gasteiger charge is -2.29. The number of carbonyl (C=O) groups excluding carboxylic acids is 4. The van der Waals surface area contributed by atoms with Crippen molar-refractivity contribution < 1.29 is 23.9 Å². The highest BCUT2D eigenvalue weighted by molar-refractivity contribution is 6.05. The van der Waals surface area contributed by atoms with E-state index in [0.29, 0.717) is 37.3 Å². The van der Waals surface area contributed by atoms with E-state index < -0.39 is 11.9 Å². The molecule has 0 aliphatic carbocycles. The first kappa shape index (κ1) is 22.0. The first-order valence-corrected chi connectivity index (χ1v) is 11.6. The summed E-state index contributed by atoms with van der Waals surface area (Å²) in [4.78, 5) is 53.1. The number of ether oxygens (including phenoxy) is 1. The molecule has 3 aromatic rings. The minimum atomic E-state index is -0.676. The Bertz CT molecular complexity index is 1450. The van der Waals surface area contributed by atoms with Gasteiger partial charge in [0.2, 0.25) is 11.8 Å². The molecule has 1 aromatic heterocycles. The van der Waals surface area contributed by atoms with Crippen LogP contribution in [0.5, 0.6) is 5.75 Å². The van der Waals surface area contributed by atoms with Gasteiger partial charge in [-0.15, -0.1) is 5.10 Å². The molecule has 1 unspecified atom stereocenters. The van der Waals surface area contributed by atoms with Crippen molar-refractivity contribution in [3.05, 3.63) is 70.5 Å². The monoisotopic (exact) mass is 486 g/mol. The van der Waals surface area contributed by atoms with Gasteiger partial charge in [-0.2, -0.15) is 0 Å². The van der Waals surface area contributed by atoms with E-state index in [9.17, 15) is 19.2 Å². The van der Waals surface area contributed by atoms with E-state index in [1.165, 1.54) is 9.58 Å². The van der Waals surface area contributed by atoms with Crippen molar-refractivity contribution in [2.75, 3.05) is 7.11 Å². The first-order valence-electron chi connectivity index (χ1n) is 11.6. The molecule has 4 amide bonds. The predicted octanol–water partition coefficient (Wildman–Crippen LogP) is 1.19. The highest BCUT2D eigenvalue weighted by Crippen LogP contribution is 2.32. The number of rotatable bonds is 4. The van der Waals surface area contributed by atoms with Crippen LogP contribution in [0.15, 0.2) is 42.6 Å². The Morgan fingerprint density at radius 2 is 1.94 bits per heavy atom. The van der Waals surface area contributed by atoms with Gasteiger partial charge in [0.1, 0.15) is 11.8 Å². The summed E-state index contributed by atoms with van der Waals surface area (Å²) < 4.78 is 6.87. The quantitative estimate of drug-likeness (QED) is 0.549. The molecule has 1 fully saturated rings. The molecule has 0 bridgehead atoms. The molecular formula is C25H22N6O5. The second kappa shape index (κ2) is 8.29. The highest BCUT2D eigenvalue weighted by Gasteiger charge is 2.39. The third-order valence-corrected chi connectivity index (χ3v) is 6.94. The van der Waals surface area contributed by atoms with Gasteiger partial charge in [-0.3, -0.25) is 24.5 Å². The molecule has 182 valence electrons. The van der Waals surface area contributed by atoms with Gasteiger partial charge in [0.05, 0.1) is 25.5 Å².